The monoisotopic (exact) mass is 276 g/mol. The number of hydrogen-bond donors (Lipinski definition) is 2. The minimum atomic E-state index is 0.289. The molecule has 3 nitrogen and oxygen atoms in total. The van der Waals surface area contributed by atoms with Crippen LogP contribution >= 0.6 is 11.3 Å². The summed E-state index contributed by atoms with van der Waals surface area (Å²) in [7, 11) is 0. The Morgan fingerprint density at radius 3 is 2.58 bits per heavy atom. The highest BCUT2D eigenvalue weighted by Crippen LogP contribution is 2.21. The van der Waals surface area contributed by atoms with Crippen molar-refractivity contribution in [2.24, 2.45) is 0 Å². The Bertz CT molecular complexity index is 507. The second-order valence-electron chi connectivity index (χ2n) is 4.40. The molecule has 1 atom stereocenters. The molecule has 1 aromatic carbocycles. The van der Waals surface area contributed by atoms with Crippen molar-refractivity contribution in [3.05, 3.63) is 46.2 Å². The van der Waals surface area contributed by atoms with Gasteiger partial charge >= 0.3 is 0 Å². The summed E-state index contributed by atoms with van der Waals surface area (Å²) in [6.07, 6.45) is 0. The van der Waals surface area contributed by atoms with Crippen LogP contribution in [0.5, 0.6) is 5.75 Å². The number of nitrogens with one attached hydrogen (secondary N) is 1. The molecule has 1 unspecified atom stereocenters. The Morgan fingerprint density at radius 1 is 1.26 bits per heavy atom. The number of hydrogen-bond acceptors (Lipinski definition) is 4. The quantitative estimate of drug-likeness (QED) is 0.847. The second-order valence-corrected chi connectivity index (χ2v) is 5.40. The molecule has 0 radical (unpaired) electrons. The van der Waals surface area contributed by atoms with Crippen LogP contribution in [0.2, 0.25) is 0 Å². The molecule has 2 aromatic rings. The number of ether oxygens (including phenoxy) is 1. The van der Waals surface area contributed by atoms with Crippen LogP contribution in [0.15, 0.2) is 35.7 Å². The van der Waals surface area contributed by atoms with Crippen molar-refractivity contribution in [3.8, 4) is 5.75 Å². The Labute approximate surface area is 118 Å². The highest BCUT2D eigenvalue weighted by atomic mass is 32.1. The molecule has 0 saturated carbocycles. The number of benzene rings is 1. The molecule has 19 heavy (non-hydrogen) atoms. The van der Waals surface area contributed by atoms with Gasteiger partial charge in [-0.3, -0.25) is 0 Å². The van der Waals surface area contributed by atoms with Crippen LogP contribution in [0, 0.1) is 0 Å². The van der Waals surface area contributed by atoms with Crippen molar-refractivity contribution in [3.63, 3.8) is 0 Å². The Kier molecular flexibility index (Phi) is 4.82. The molecule has 0 amide bonds. The van der Waals surface area contributed by atoms with Crippen LogP contribution in [0.1, 0.15) is 30.3 Å². The minimum absolute atomic E-state index is 0.289. The van der Waals surface area contributed by atoms with E-state index in [0.29, 0.717) is 6.61 Å². The number of anilines is 1. The number of thiophene rings is 1. The first-order valence-corrected chi connectivity index (χ1v) is 7.36. The summed E-state index contributed by atoms with van der Waals surface area (Å²) in [5, 5.41) is 5.50. The molecule has 102 valence electrons. The maximum absolute atomic E-state index is 5.87. The lowest BCUT2D eigenvalue weighted by Crippen LogP contribution is -2.17. The van der Waals surface area contributed by atoms with Gasteiger partial charge in [-0.15, -0.1) is 11.3 Å². The first kappa shape index (κ1) is 13.9. The van der Waals surface area contributed by atoms with E-state index >= 15 is 0 Å². The van der Waals surface area contributed by atoms with Crippen molar-refractivity contribution in [1.29, 1.82) is 0 Å². The van der Waals surface area contributed by atoms with Crippen molar-refractivity contribution >= 4 is 17.0 Å². The zero-order valence-electron chi connectivity index (χ0n) is 11.3. The molecule has 1 heterocycles. The minimum Gasteiger partial charge on any atom is -0.494 e. The molecule has 2 rings (SSSR count). The van der Waals surface area contributed by atoms with E-state index in [9.17, 15) is 0 Å². The molecular weight excluding hydrogens is 256 g/mol. The molecule has 0 fully saturated rings. The van der Waals surface area contributed by atoms with Gasteiger partial charge in [-0.25, -0.2) is 0 Å². The van der Waals surface area contributed by atoms with Gasteiger partial charge in [0.25, 0.3) is 0 Å². The Morgan fingerprint density at radius 2 is 2.00 bits per heavy atom. The van der Waals surface area contributed by atoms with Crippen molar-refractivity contribution in [2.75, 3.05) is 12.3 Å². The Balaban J connectivity index is 1.92. The SMILES string of the molecule is CCOc1ccc(C(C)NCc2sccc2N)cc1. The highest BCUT2D eigenvalue weighted by molar-refractivity contribution is 7.10. The molecule has 1 aromatic heterocycles. The van der Waals surface area contributed by atoms with Gasteiger partial charge in [0.1, 0.15) is 5.75 Å². The lowest BCUT2D eigenvalue weighted by atomic mass is 10.1. The third-order valence-corrected chi connectivity index (χ3v) is 3.98. The van der Waals surface area contributed by atoms with Crippen LogP contribution in [0.3, 0.4) is 0 Å². The third-order valence-electron chi connectivity index (χ3n) is 3.04. The number of rotatable bonds is 6. The molecule has 3 N–H and O–H groups in total. The predicted molar refractivity (Wildman–Crippen MR) is 81.6 cm³/mol. The van der Waals surface area contributed by atoms with Gasteiger partial charge in [0.15, 0.2) is 0 Å². The van der Waals surface area contributed by atoms with Gasteiger partial charge in [-0.1, -0.05) is 12.1 Å². The van der Waals surface area contributed by atoms with Crippen LogP contribution in [-0.4, -0.2) is 6.61 Å². The fourth-order valence-electron chi connectivity index (χ4n) is 1.88. The van der Waals surface area contributed by atoms with Gasteiger partial charge in [0, 0.05) is 23.2 Å². The van der Waals surface area contributed by atoms with Gasteiger partial charge in [-0.05, 0) is 43.0 Å². The van der Waals surface area contributed by atoms with E-state index in [-0.39, 0.29) is 6.04 Å². The van der Waals surface area contributed by atoms with E-state index in [2.05, 4.69) is 24.4 Å². The standard InChI is InChI=1S/C15H20N2OS/c1-3-18-13-6-4-12(5-7-13)11(2)17-10-15-14(16)8-9-19-15/h4-9,11,17H,3,10,16H2,1-2H3. The number of nitrogen functional groups attached to an aromatic ring is 1. The average molecular weight is 276 g/mol. The molecule has 0 spiro atoms. The summed E-state index contributed by atoms with van der Waals surface area (Å²) in [5.41, 5.74) is 7.99. The molecular formula is C15H20N2OS. The molecule has 4 heteroatoms. The van der Waals surface area contributed by atoms with E-state index in [1.807, 2.05) is 30.5 Å². The van der Waals surface area contributed by atoms with Crippen LogP contribution < -0.4 is 15.8 Å². The first-order chi connectivity index (χ1) is 9.20. The second kappa shape index (κ2) is 6.59. The summed E-state index contributed by atoms with van der Waals surface area (Å²) in [4.78, 5) is 1.19. The van der Waals surface area contributed by atoms with Crippen LogP contribution in [0.25, 0.3) is 0 Å². The highest BCUT2D eigenvalue weighted by Gasteiger charge is 2.07. The van der Waals surface area contributed by atoms with E-state index < -0.39 is 0 Å². The fraction of sp³-hybridized carbons (Fsp3) is 0.333. The van der Waals surface area contributed by atoms with E-state index in [4.69, 9.17) is 10.5 Å². The van der Waals surface area contributed by atoms with Crippen molar-refractivity contribution < 1.29 is 4.74 Å². The topological polar surface area (TPSA) is 47.3 Å². The van der Waals surface area contributed by atoms with Crippen LogP contribution in [-0.2, 0) is 6.54 Å². The zero-order valence-corrected chi connectivity index (χ0v) is 12.2. The van der Waals surface area contributed by atoms with Crippen LogP contribution in [0.4, 0.5) is 5.69 Å². The Hall–Kier alpha value is -1.52. The summed E-state index contributed by atoms with van der Waals surface area (Å²) in [6, 6.07) is 10.5. The number of nitrogens with two attached hydrogens (primary N) is 1. The van der Waals surface area contributed by atoms with Gasteiger partial charge in [0.2, 0.25) is 0 Å². The largest absolute Gasteiger partial charge is 0.494 e. The lowest BCUT2D eigenvalue weighted by Gasteiger charge is -2.14. The van der Waals surface area contributed by atoms with Crippen molar-refractivity contribution in [2.45, 2.75) is 26.4 Å². The summed E-state index contributed by atoms with van der Waals surface area (Å²) >= 11 is 1.69. The smallest absolute Gasteiger partial charge is 0.119 e. The zero-order chi connectivity index (χ0) is 13.7. The summed E-state index contributed by atoms with van der Waals surface area (Å²) in [5.74, 6) is 0.918. The average Bonchev–Trinajstić information content (AvgIpc) is 2.83. The molecule has 0 aliphatic heterocycles. The summed E-state index contributed by atoms with van der Waals surface area (Å²) in [6.45, 7) is 5.64. The van der Waals surface area contributed by atoms with E-state index in [1.165, 1.54) is 10.4 Å². The molecule has 0 aliphatic carbocycles. The molecule has 0 bridgehead atoms. The molecule has 0 aliphatic rings. The van der Waals surface area contributed by atoms with Crippen molar-refractivity contribution in [1.82, 2.24) is 5.32 Å². The van der Waals surface area contributed by atoms with Gasteiger partial charge in [-0.2, -0.15) is 0 Å². The lowest BCUT2D eigenvalue weighted by molar-refractivity contribution is 0.340. The first-order valence-electron chi connectivity index (χ1n) is 6.48. The van der Waals surface area contributed by atoms with E-state index in [1.54, 1.807) is 11.3 Å². The maximum Gasteiger partial charge on any atom is 0.119 e. The van der Waals surface area contributed by atoms with Gasteiger partial charge < -0.3 is 15.8 Å². The maximum atomic E-state index is 5.87. The molecule has 0 saturated heterocycles. The predicted octanol–water partition coefficient (Wildman–Crippen LogP) is 3.58. The van der Waals surface area contributed by atoms with E-state index in [0.717, 1.165) is 18.0 Å². The fourth-order valence-corrected chi connectivity index (χ4v) is 2.63. The normalized spacial score (nSPS) is 12.3. The third kappa shape index (κ3) is 3.72. The van der Waals surface area contributed by atoms with Gasteiger partial charge in [0.05, 0.1) is 6.61 Å². The summed E-state index contributed by atoms with van der Waals surface area (Å²) < 4.78 is 5.44.